The minimum atomic E-state index is -0.276. The Morgan fingerprint density at radius 3 is 2.23 bits per heavy atom. The van der Waals surface area contributed by atoms with Crippen LogP contribution >= 0.6 is 0 Å². The van der Waals surface area contributed by atoms with Crippen molar-refractivity contribution in [1.82, 2.24) is 14.8 Å². The van der Waals surface area contributed by atoms with Gasteiger partial charge in [-0.1, -0.05) is 72.3 Å². The molecule has 0 aliphatic carbocycles. The lowest BCUT2D eigenvalue weighted by molar-refractivity contribution is -0.134. The van der Waals surface area contributed by atoms with Crippen molar-refractivity contribution in [3.63, 3.8) is 0 Å². The Morgan fingerprint density at radius 1 is 0.886 bits per heavy atom. The summed E-state index contributed by atoms with van der Waals surface area (Å²) in [7, 11) is 0. The Kier molecular flexibility index (Phi) is 7.02. The molecule has 0 unspecified atom stereocenters. The maximum Gasteiger partial charge on any atom is 0.257 e. The highest BCUT2D eigenvalue weighted by molar-refractivity contribution is 6.03. The minimum Gasteiger partial charge on any atom is -0.297 e. The molecule has 1 atom stereocenters. The maximum atomic E-state index is 13.5. The second-order valence-corrected chi connectivity index (χ2v) is 9.46. The number of hydrogen-bond donors (Lipinski definition) is 0. The molecule has 35 heavy (non-hydrogen) atoms. The molecule has 180 valence electrons. The average molecular weight is 471 g/mol. The molecule has 2 aliphatic rings. The van der Waals surface area contributed by atoms with Gasteiger partial charge in [0.2, 0.25) is 0 Å². The van der Waals surface area contributed by atoms with Gasteiger partial charge in [-0.25, -0.2) is 9.40 Å². The first-order chi connectivity index (χ1) is 17.0. The molecule has 1 fully saturated rings. The van der Waals surface area contributed by atoms with Gasteiger partial charge in [-0.15, -0.1) is 0 Å². The van der Waals surface area contributed by atoms with Crippen LogP contribution < -0.4 is 0 Å². The molecule has 5 nitrogen and oxygen atoms in total. The number of benzene rings is 3. The first-order valence-electron chi connectivity index (χ1n) is 12.3. The van der Waals surface area contributed by atoms with E-state index in [-0.39, 0.29) is 17.8 Å². The largest absolute Gasteiger partial charge is 0.297 e. The van der Waals surface area contributed by atoms with Crippen LogP contribution in [-0.4, -0.2) is 59.2 Å². The molecule has 2 heterocycles. The van der Waals surface area contributed by atoms with E-state index in [0.717, 1.165) is 49.6 Å². The summed E-state index contributed by atoms with van der Waals surface area (Å²) in [6.07, 6.45) is 0.616. The Bertz CT molecular complexity index is 1170. The first-order valence-corrected chi connectivity index (χ1v) is 12.3. The summed E-state index contributed by atoms with van der Waals surface area (Å²) in [5, 5.41) is 6.40. The molecule has 0 aromatic heterocycles. The molecule has 3 aromatic carbocycles. The van der Waals surface area contributed by atoms with E-state index >= 15 is 0 Å². The molecule has 0 radical (unpaired) electrons. The van der Waals surface area contributed by atoms with Crippen LogP contribution in [0.1, 0.15) is 34.7 Å². The molecule has 0 N–H and O–H groups in total. The third-order valence-corrected chi connectivity index (χ3v) is 6.88. The third-order valence-electron chi connectivity index (χ3n) is 6.88. The van der Waals surface area contributed by atoms with Crippen molar-refractivity contribution in [2.75, 3.05) is 32.7 Å². The number of carbonyl (C=O) groups excluding carboxylic acids is 1. The normalized spacial score (nSPS) is 19.1. The van der Waals surface area contributed by atoms with Gasteiger partial charge in [0.25, 0.3) is 5.91 Å². The van der Waals surface area contributed by atoms with Crippen molar-refractivity contribution in [2.45, 2.75) is 25.9 Å². The predicted molar refractivity (Wildman–Crippen MR) is 136 cm³/mol. The second kappa shape index (κ2) is 10.5. The van der Waals surface area contributed by atoms with Gasteiger partial charge < -0.3 is 0 Å². The maximum absolute atomic E-state index is 13.5. The van der Waals surface area contributed by atoms with Gasteiger partial charge in [0.1, 0.15) is 5.82 Å². The highest BCUT2D eigenvalue weighted by Gasteiger charge is 2.34. The lowest BCUT2D eigenvalue weighted by atomic mass is 9.97. The van der Waals surface area contributed by atoms with Crippen LogP contribution in [0.15, 0.2) is 84.0 Å². The van der Waals surface area contributed by atoms with Gasteiger partial charge >= 0.3 is 0 Å². The Labute approximate surface area is 206 Å². The van der Waals surface area contributed by atoms with E-state index in [1.54, 1.807) is 17.1 Å². The van der Waals surface area contributed by atoms with Crippen LogP contribution in [0.25, 0.3) is 0 Å². The third kappa shape index (κ3) is 5.66. The number of nitrogens with zero attached hydrogens (tertiary/aromatic N) is 4. The van der Waals surface area contributed by atoms with Crippen molar-refractivity contribution in [2.24, 2.45) is 5.10 Å². The van der Waals surface area contributed by atoms with Crippen LogP contribution in [0, 0.1) is 12.7 Å². The number of halogens is 1. The van der Waals surface area contributed by atoms with E-state index < -0.39 is 0 Å². The fourth-order valence-corrected chi connectivity index (χ4v) is 4.82. The van der Waals surface area contributed by atoms with Crippen molar-refractivity contribution < 1.29 is 9.18 Å². The minimum absolute atomic E-state index is 0.00389. The Morgan fingerprint density at radius 2 is 1.54 bits per heavy atom. The SMILES string of the molecule is Cc1ccc([C@@H]2CC(c3ccc(F)cc3)=NN2C(=O)CN2CCN(Cc3ccccc3)CC2)cc1. The van der Waals surface area contributed by atoms with Crippen LogP contribution in [0.5, 0.6) is 0 Å². The van der Waals surface area contributed by atoms with E-state index in [0.29, 0.717) is 13.0 Å². The summed E-state index contributed by atoms with van der Waals surface area (Å²) in [5.74, 6) is -0.272. The standard InChI is InChI=1S/C29H31FN4O/c1-22-7-9-25(10-8-22)28-19-27(24-11-13-26(30)14-12-24)31-34(28)29(35)21-33-17-15-32(16-18-33)20-23-5-3-2-4-6-23/h2-14,28H,15-21H2,1H3/t28-/m0/s1. The van der Waals surface area contributed by atoms with Crippen molar-refractivity contribution in [1.29, 1.82) is 0 Å². The lowest BCUT2D eigenvalue weighted by Crippen LogP contribution is -2.49. The van der Waals surface area contributed by atoms with Crippen molar-refractivity contribution in [3.05, 3.63) is 107 Å². The van der Waals surface area contributed by atoms with Crippen LogP contribution in [0.3, 0.4) is 0 Å². The predicted octanol–water partition coefficient (Wildman–Crippen LogP) is 4.63. The number of aryl methyl sites for hydroxylation is 1. The Hall–Kier alpha value is -3.35. The van der Waals surface area contributed by atoms with Crippen LogP contribution in [-0.2, 0) is 11.3 Å². The molecular formula is C29H31FN4O. The second-order valence-electron chi connectivity index (χ2n) is 9.46. The average Bonchev–Trinajstić information content (AvgIpc) is 3.32. The van der Waals surface area contributed by atoms with E-state index in [9.17, 15) is 9.18 Å². The summed E-state index contributed by atoms with van der Waals surface area (Å²) in [6.45, 7) is 6.93. The van der Waals surface area contributed by atoms with E-state index in [4.69, 9.17) is 5.10 Å². The molecule has 2 aliphatic heterocycles. The fourth-order valence-electron chi connectivity index (χ4n) is 4.82. The van der Waals surface area contributed by atoms with Crippen molar-refractivity contribution >= 4 is 11.6 Å². The molecule has 0 spiro atoms. The smallest absolute Gasteiger partial charge is 0.257 e. The van der Waals surface area contributed by atoms with Gasteiger partial charge in [0, 0.05) is 39.1 Å². The van der Waals surface area contributed by atoms with Gasteiger partial charge in [-0.3, -0.25) is 14.6 Å². The van der Waals surface area contributed by atoms with Gasteiger partial charge in [0.05, 0.1) is 18.3 Å². The summed E-state index contributed by atoms with van der Waals surface area (Å²) in [5.41, 5.74) is 5.23. The molecule has 6 heteroatoms. The van der Waals surface area contributed by atoms with Gasteiger partial charge in [-0.05, 0) is 35.7 Å². The molecule has 3 aromatic rings. The topological polar surface area (TPSA) is 39.2 Å². The van der Waals surface area contributed by atoms with E-state index in [1.807, 2.05) is 6.07 Å². The summed E-state index contributed by atoms with van der Waals surface area (Å²) >= 11 is 0. The highest BCUT2D eigenvalue weighted by Crippen LogP contribution is 2.33. The van der Waals surface area contributed by atoms with E-state index in [2.05, 4.69) is 65.3 Å². The number of hydrogen-bond acceptors (Lipinski definition) is 4. The number of amides is 1. The fraction of sp³-hybridized carbons (Fsp3) is 0.310. The highest BCUT2D eigenvalue weighted by atomic mass is 19.1. The number of rotatable bonds is 6. The van der Waals surface area contributed by atoms with E-state index in [1.165, 1.54) is 23.3 Å². The Balaban J connectivity index is 1.26. The lowest BCUT2D eigenvalue weighted by Gasteiger charge is -2.35. The molecule has 0 saturated carbocycles. The summed E-state index contributed by atoms with van der Waals surface area (Å²) < 4.78 is 13.5. The summed E-state index contributed by atoms with van der Waals surface area (Å²) in [4.78, 5) is 18.1. The number of carbonyl (C=O) groups is 1. The quantitative estimate of drug-likeness (QED) is 0.527. The molecule has 0 bridgehead atoms. The zero-order valence-electron chi connectivity index (χ0n) is 20.1. The molecule has 1 amide bonds. The molecule has 5 rings (SSSR count). The molecular weight excluding hydrogens is 439 g/mol. The molecule has 1 saturated heterocycles. The zero-order valence-corrected chi connectivity index (χ0v) is 20.1. The number of hydrazone groups is 1. The first kappa shape index (κ1) is 23.4. The van der Waals surface area contributed by atoms with Gasteiger partial charge in [-0.2, -0.15) is 5.10 Å². The van der Waals surface area contributed by atoms with Crippen molar-refractivity contribution in [3.8, 4) is 0 Å². The van der Waals surface area contributed by atoms with Crippen LogP contribution in [0.4, 0.5) is 4.39 Å². The van der Waals surface area contributed by atoms with Crippen LogP contribution in [0.2, 0.25) is 0 Å². The van der Waals surface area contributed by atoms with Gasteiger partial charge in [0.15, 0.2) is 0 Å². The number of piperazine rings is 1. The zero-order chi connectivity index (χ0) is 24.2. The monoisotopic (exact) mass is 470 g/mol. The summed E-state index contributed by atoms with van der Waals surface area (Å²) in [6, 6.07) is 25.0.